The van der Waals surface area contributed by atoms with Gasteiger partial charge >= 0.3 is 6.01 Å². The summed E-state index contributed by atoms with van der Waals surface area (Å²) in [6.45, 7) is 4.18. The standard InChI is InChI=1S/C13H22N4O2/c1-3-4-5-6-7-10(2)19-13-15-9-8-11(16-13)12(14)17-18/h8-10,18H,3-7H2,1-2H3,(H2,14,17). The molecule has 1 rings (SSSR count). The Balaban J connectivity index is 2.48. The highest BCUT2D eigenvalue weighted by molar-refractivity contribution is 5.95. The number of unbranched alkanes of at least 4 members (excludes halogenated alkanes) is 3. The minimum Gasteiger partial charge on any atom is -0.460 e. The lowest BCUT2D eigenvalue weighted by Crippen LogP contribution is -2.18. The Kier molecular flexibility index (Phi) is 6.63. The molecule has 3 N–H and O–H groups in total. The van der Waals surface area contributed by atoms with E-state index in [9.17, 15) is 0 Å². The first-order chi connectivity index (χ1) is 9.17. The second kappa shape index (κ2) is 8.29. The van der Waals surface area contributed by atoms with Crippen molar-refractivity contribution < 1.29 is 9.94 Å². The van der Waals surface area contributed by atoms with Crippen LogP contribution >= 0.6 is 0 Å². The Morgan fingerprint density at radius 1 is 1.47 bits per heavy atom. The summed E-state index contributed by atoms with van der Waals surface area (Å²) in [4.78, 5) is 8.09. The first-order valence-electron chi connectivity index (χ1n) is 6.65. The average molecular weight is 266 g/mol. The van der Waals surface area contributed by atoms with Crippen LogP contribution in [0, 0.1) is 0 Å². The lowest BCUT2D eigenvalue weighted by molar-refractivity contribution is 0.189. The van der Waals surface area contributed by atoms with E-state index in [1.54, 1.807) is 6.07 Å². The van der Waals surface area contributed by atoms with Crippen molar-refractivity contribution in [1.29, 1.82) is 0 Å². The van der Waals surface area contributed by atoms with Gasteiger partial charge in [-0.3, -0.25) is 0 Å². The van der Waals surface area contributed by atoms with E-state index in [0.29, 0.717) is 5.69 Å². The molecular weight excluding hydrogens is 244 g/mol. The van der Waals surface area contributed by atoms with Gasteiger partial charge in [-0.2, -0.15) is 4.98 Å². The van der Waals surface area contributed by atoms with Crippen LogP contribution in [0.4, 0.5) is 0 Å². The SMILES string of the molecule is CCCCCCC(C)Oc1nccc(/C(N)=N/O)n1. The predicted molar refractivity (Wildman–Crippen MR) is 73.4 cm³/mol. The molecule has 0 aliphatic rings. The summed E-state index contributed by atoms with van der Waals surface area (Å²) in [5.41, 5.74) is 5.81. The molecule has 19 heavy (non-hydrogen) atoms. The van der Waals surface area contributed by atoms with Crippen LogP contribution in [0.15, 0.2) is 17.4 Å². The zero-order valence-electron chi connectivity index (χ0n) is 11.5. The predicted octanol–water partition coefficient (Wildman–Crippen LogP) is 2.31. The first kappa shape index (κ1) is 15.2. The van der Waals surface area contributed by atoms with Gasteiger partial charge in [0.05, 0.1) is 6.10 Å². The molecule has 0 spiro atoms. The van der Waals surface area contributed by atoms with Crippen LogP contribution in [0.2, 0.25) is 0 Å². The first-order valence-corrected chi connectivity index (χ1v) is 6.65. The third-order valence-corrected chi connectivity index (χ3v) is 2.77. The Labute approximate surface area is 113 Å². The molecule has 0 saturated heterocycles. The van der Waals surface area contributed by atoms with E-state index in [2.05, 4.69) is 22.0 Å². The van der Waals surface area contributed by atoms with Crippen molar-refractivity contribution in [3.05, 3.63) is 18.0 Å². The highest BCUT2D eigenvalue weighted by Crippen LogP contribution is 2.11. The summed E-state index contributed by atoms with van der Waals surface area (Å²) < 4.78 is 5.62. The fraction of sp³-hybridized carbons (Fsp3) is 0.615. The van der Waals surface area contributed by atoms with E-state index in [0.717, 1.165) is 12.8 Å². The van der Waals surface area contributed by atoms with E-state index in [4.69, 9.17) is 15.7 Å². The van der Waals surface area contributed by atoms with Crippen molar-refractivity contribution in [2.45, 2.75) is 52.1 Å². The second-order valence-electron chi connectivity index (χ2n) is 4.49. The van der Waals surface area contributed by atoms with Crippen LogP contribution in [0.5, 0.6) is 6.01 Å². The molecule has 6 nitrogen and oxygen atoms in total. The van der Waals surface area contributed by atoms with Crippen LogP contribution < -0.4 is 10.5 Å². The van der Waals surface area contributed by atoms with Crippen LogP contribution in [0.1, 0.15) is 51.6 Å². The Morgan fingerprint density at radius 3 is 2.95 bits per heavy atom. The molecule has 0 saturated carbocycles. The van der Waals surface area contributed by atoms with Gasteiger partial charge in [0.15, 0.2) is 5.84 Å². The zero-order valence-corrected chi connectivity index (χ0v) is 11.5. The third kappa shape index (κ3) is 5.54. The normalized spacial score (nSPS) is 13.3. The van der Waals surface area contributed by atoms with Crippen molar-refractivity contribution in [2.75, 3.05) is 0 Å². The summed E-state index contributed by atoms with van der Waals surface area (Å²) in [5, 5.41) is 11.5. The number of nitrogens with zero attached hydrogens (tertiary/aromatic N) is 3. The van der Waals surface area contributed by atoms with Crippen molar-refractivity contribution >= 4 is 5.84 Å². The minimum atomic E-state index is -0.0529. The summed E-state index contributed by atoms with van der Waals surface area (Å²) in [5.74, 6) is -0.0529. The van der Waals surface area contributed by atoms with E-state index >= 15 is 0 Å². The van der Waals surface area contributed by atoms with Gasteiger partial charge < -0.3 is 15.7 Å². The van der Waals surface area contributed by atoms with E-state index in [-0.39, 0.29) is 18.0 Å². The van der Waals surface area contributed by atoms with Gasteiger partial charge in [0.25, 0.3) is 0 Å². The molecule has 0 aromatic carbocycles. The summed E-state index contributed by atoms with van der Waals surface area (Å²) in [7, 11) is 0. The molecule has 1 atom stereocenters. The number of rotatable bonds is 8. The maximum atomic E-state index is 8.59. The van der Waals surface area contributed by atoms with Crippen LogP contribution in [0.25, 0.3) is 0 Å². The second-order valence-corrected chi connectivity index (χ2v) is 4.49. The van der Waals surface area contributed by atoms with Gasteiger partial charge in [0.2, 0.25) is 0 Å². The summed E-state index contributed by atoms with van der Waals surface area (Å²) >= 11 is 0. The molecule has 0 bridgehead atoms. The quantitative estimate of drug-likeness (QED) is 0.247. The minimum absolute atomic E-state index is 0.0529. The number of ether oxygens (including phenoxy) is 1. The number of aromatic nitrogens is 2. The molecule has 1 heterocycles. The largest absolute Gasteiger partial charge is 0.460 e. The van der Waals surface area contributed by atoms with Crippen molar-refractivity contribution in [3.63, 3.8) is 0 Å². The number of amidine groups is 1. The highest BCUT2D eigenvalue weighted by atomic mass is 16.5. The molecule has 106 valence electrons. The van der Waals surface area contributed by atoms with E-state index in [1.165, 1.54) is 25.5 Å². The Bertz CT molecular complexity index is 409. The van der Waals surface area contributed by atoms with Gasteiger partial charge in [-0.1, -0.05) is 31.3 Å². The molecule has 0 radical (unpaired) electrons. The molecule has 1 aromatic heterocycles. The van der Waals surface area contributed by atoms with Gasteiger partial charge in [-0.15, -0.1) is 0 Å². The molecule has 0 aliphatic carbocycles. The fourth-order valence-electron chi connectivity index (χ4n) is 1.69. The Hall–Kier alpha value is -1.85. The van der Waals surface area contributed by atoms with Gasteiger partial charge in [-0.25, -0.2) is 4.98 Å². The maximum absolute atomic E-state index is 8.59. The number of hydrogen-bond donors (Lipinski definition) is 2. The summed E-state index contributed by atoms with van der Waals surface area (Å²) in [6.07, 6.45) is 7.38. The molecular formula is C13H22N4O2. The van der Waals surface area contributed by atoms with Crippen LogP contribution in [-0.2, 0) is 0 Å². The van der Waals surface area contributed by atoms with E-state index in [1.807, 2.05) is 6.92 Å². The smallest absolute Gasteiger partial charge is 0.317 e. The van der Waals surface area contributed by atoms with Crippen LogP contribution in [-0.4, -0.2) is 27.1 Å². The highest BCUT2D eigenvalue weighted by Gasteiger charge is 2.08. The third-order valence-electron chi connectivity index (χ3n) is 2.77. The van der Waals surface area contributed by atoms with Gasteiger partial charge in [0.1, 0.15) is 5.69 Å². The average Bonchev–Trinajstić information content (AvgIpc) is 2.43. The summed E-state index contributed by atoms with van der Waals surface area (Å²) in [6, 6.07) is 1.82. The topological polar surface area (TPSA) is 93.6 Å². The molecule has 1 aromatic rings. The molecule has 6 heteroatoms. The van der Waals surface area contributed by atoms with Gasteiger partial charge in [0, 0.05) is 6.20 Å². The van der Waals surface area contributed by atoms with Crippen molar-refractivity contribution in [2.24, 2.45) is 10.9 Å². The van der Waals surface area contributed by atoms with E-state index < -0.39 is 0 Å². The maximum Gasteiger partial charge on any atom is 0.317 e. The van der Waals surface area contributed by atoms with Crippen molar-refractivity contribution in [1.82, 2.24) is 9.97 Å². The molecule has 0 amide bonds. The monoisotopic (exact) mass is 266 g/mol. The lowest BCUT2D eigenvalue weighted by atomic mass is 10.1. The lowest BCUT2D eigenvalue weighted by Gasteiger charge is -2.13. The number of nitrogens with two attached hydrogens (primary N) is 1. The van der Waals surface area contributed by atoms with Crippen molar-refractivity contribution in [3.8, 4) is 6.01 Å². The number of oxime groups is 1. The number of hydrogen-bond acceptors (Lipinski definition) is 5. The zero-order chi connectivity index (χ0) is 14.1. The molecule has 0 fully saturated rings. The fourth-order valence-corrected chi connectivity index (χ4v) is 1.69. The van der Waals surface area contributed by atoms with Crippen LogP contribution in [0.3, 0.4) is 0 Å². The Morgan fingerprint density at radius 2 is 2.26 bits per heavy atom. The molecule has 0 aliphatic heterocycles. The molecule has 1 unspecified atom stereocenters. The van der Waals surface area contributed by atoms with Gasteiger partial charge in [-0.05, 0) is 25.8 Å².